The number of likely N-dealkylation sites (tertiary alicyclic amines) is 1. The predicted molar refractivity (Wildman–Crippen MR) is 153 cm³/mol. The third kappa shape index (κ3) is 5.77. The Morgan fingerprint density at radius 2 is 1.51 bits per heavy atom. The van der Waals surface area contributed by atoms with Crippen molar-refractivity contribution < 1.29 is 14.4 Å². The number of rotatable bonds is 9. The number of nitrogens with zero attached hydrogens (tertiary/aromatic N) is 3. The molecule has 0 aliphatic carbocycles. The van der Waals surface area contributed by atoms with E-state index in [1.807, 2.05) is 79.2 Å². The lowest BCUT2D eigenvalue weighted by molar-refractivity contribution is -0.136. The van der Waals surface area contributed by atoms with Crippen molar-refractivity contribution in [2.45, 2.75) is 37.9 Å². The molecule has 201 valence electrons. The predicted octanol–water partition coefficient (Wildman–Crippen LogP) is 4.99. The van der Waals surface area contributed by atoms with Crippen molar-refractivity contribution in [1.29, 1.82) is 0 Å². The molecule has 0 saturated carbocycles. The Labute approximate surface area is 237 Å². The summed E-state index contributed by atoms with van der Waals surface area (Å²) >= 11 is 3.45. The van der Waals surface area contributed by atoms with Gasteiger partial charge in [0.25, 0.3) is 5.91 Å². The van der Waals surface area contributed by atoms with Gasteiger partial charge in [-0.25, -0.2) is 4.79 Å². The molecule has 8 heteroatoms. The number of primary amides is 1. The number of imide groups is 1. The van der Waals surface area contributed by atoms with E-state index in [-0.39, 0.29) is 18.5 Å². The number of carbonyl (C=O) groups is 3. The maximum Gasteiger partial charge on any atom is 0.328 e. The highest BCUT2D eigenvalue weighted by atomic mass is 79.9. The summed E-state index contributed by atoms with van der Waals surface area (Å²) in [5, 5.41) is 0. The van der Waals surface area contributed by atoms with Crippen molar-refractivity contribution in [2.24, 2.45) is 5.73 Å². The first-order valence-electron chi connectivity index (χ1n) is 13.2. The van der Waals surface area contributed by atoms with E-state index in [9.17, 15) is 14.4 Å². The molecule has 2 fully saturated rings. The molecule has 4 amide bonds. The van der Waals surface area contributed by atoms with Crippen LogP contribution in [0.2, 0.25) is 0 Å². The zero-order chi connectivity index (χ0) is 27.4. The molecular formula is C31H32BrN4O3. The largest absolute Gasteiger partial charge is 0.366 e. The number of hydrogen-bond donors (Lipinski definition) is 1. The maximum atomic E-state index is 14.0. The molecule has 2 N–H and O–H groups in total. The molecule has 5 rings (SSSR count). The van der Waals surface area contributed by atoms with Crippen LogP contribution >= 0.6 is 15.9 Å². The van der Waals surface area contributed by atoms with Crippen molar-refractivity contribution in [3.63, 3.8) is 0 Å². The third-order valence-corrected chi connectivity index (χ3v) is 8.31. The van der Waals surface area contributed by atoms with Crippen molar-refractivity contribution in [3.05, 3.63) is 112 Å². The average Bonchev–Trinajstić information content (AvgIpc) is 3.13. The smallest absolute Gasteiger partial charge is 0.328 e. The lowest BCUT2D eigenvalue weighted by atomic mass is 9.85. The molecule has 0 aromatic heterocycles. The molecule has 1 radical (unpaired) electrons. The van der Waals surface area contributed by atoms with Crippen LogP contribution in [0.1, 0.15) is 46.3 Å². The Hall–Kier alpha value is -3.49. The number of halogens is 1. The number of hydrogen-bond acceptors (Lipinski definition) is 4. The van der Waals surface area contributed by atoms with E-state index in [0.29, 0.717) is 38.0 Å². The van der Waals surface area contributed by atoms with Gasteiger partial charge in [-0.15, -0.1) is 0 Å². The second-order valence-corrected chi connectivity index (χ2v) is 11.1. The highest BCUT2D eigenvalue weighted by Crippen LogP contribution is 2.39. The van der Waals surface area contributed by atoms with E-state index >= 15 is 0 Å². The Morgan fingerprint density at radius 3 is 2.21 bits per heavy atom. The number of benzene rings is 3. The number of piperidine rings is 1. The monoisotopic (exact) mass is 587 g/mol. The number of amides is 4. The summed E-state index contributed by atoms with van der Waals surface area (Å²) in [5.41, 5.74) is 7.96. The second-order valence-electron chi connectivity index (χ2n) is 10.2. The summed E-state index contributed by atoms with van der Waals surface area (Å²) in [6.07, 6.45) is 3.96. The topological polar surface area (TPSA) is 87.0 Å². The molecule has 39 heavy (non-hydrogen) atoms. The minimum Gasteiger partial charge on any atom is -0.366 e. The van der Waals surface area contributed by atoms with Gasteiger partial charge in [0.1, 0.15) is 5.54 Å². The Balaban J connectivity index is 1.29. The summed E-state index contributed by atoms with van der Waals surface area (Å²) in [5.74, 6) is -0.537. The molecule has 2 aliphatic heterocycles. The van der Waals surface area contributed by atoms with Crippen molar-refractivity contribution in [2.75, 3.05) is 19.6 Å². The quantitative estimate of drug-likeness (QED) is 0.357. The van der Waals surface area contributed by atoms with Crippen molar-refractivity contribution in [3.8, 4) is 0 Å². The summed E-state index contributed by atoms with van der Waals surface area (Å²) in [6, 6.07) is 24.7. The normalized spacial score (nSPS) is 17.3. The second kappa shape index (κ2) is 11.7. The van der Waals surface area contributed by atoms with Crippen LogP contribution in [0.15, 0.2) is 83.3 Å². The molecule has 0 atom stereocenters. The third-order valence-electron chi connectivity index (χ3n) is 7.78. The summed E-state index contributed by atoms with van der Waals surface area (Å²) in [6.45, 7) is 2.88. The molecule has 0 unspecified atom stereocenters. The highest BCUT2D eigenvalue weighted by molar-refractivity contribution is 9.10. The number of urea groups is 1. The summed E-state index contributed by atoms with van der Waals surface area (Å²) < 4.78 is 0.954. The van der Waals surface area contributed by atoms with Gasteiger partial charge in [0, 0.05) is 29.7 Å². The first-order chi connectivity index (χ1) is 18.9. The van der Waals surface area contributed by atoms with E-state index < -0.39 is 11.4 Å². The molecule has 2 heterocycles. The molecule has 1 spiro atoms. The van der Waals surface area contributed by atoms with Gasteiger partial charge in [-0.2, -0.15) is 0 Å². The lowest BCUT2D eigenvalue weighted by Gasteiger charge is -2.42. The first kappa shape index (κ1) is 27.1. The Bertz CT molecular complexity index is 1340. The van der Waals surface area contributed by atoms with Gasteiger partial charge in [-0.1, -0.05) is 76.6 Å². The van der Waals surface area contributed by atoms with Gasteiger partial charge in [-0.3, -0.25) is 14.5 Å². The zero-order valence-corrected chi connectivity index (χ0v) is 23.3. The standard InChI is InChI=1S/C31H32BrN4O3/c32-26-14-12-24(13-15-26)21-35-29(38)31(36(30(35)39)22-23-7-2-1-3-8-23)16-19-34(20-17-31)18-6-10-25-9-4-5-11-27(25)28(33)37/h1-5,7-15H,6,16-22H2,(H2,33,37). The van der Waals surface area contributed by atoms with Crippen LogP contribution in [0, 0.1) is 6.42 Å². The van der Waals surface area contributed by atoms with Crippen LogP contribution < -0.4 is 5.73 Å². The molecule has 3 aromatic rings. The van der Waals surface area contributed by atoms with Gasteiger partial charge in [-0.05, 0) is 67.1 Å². The number of carbonyl (C=O) groups excluding carboxylic acids is 3. The Kier molecular flexibility index (Phi) is 8.14. The molecular weight excluding hydrogens is 556 g/mol. The Morgan fingerprint density at radius 1 is 0.872 bits per heavy atom. The van der Waals surface area contributed by atoms with Gasteiger partial charge >= 0.3 is 6.03 Å². The fraction of sp³-hybridized carbons (Fsp3) is 0.290. The van der Waals surface area contributed by atoms with Crippen LogP contribution in [-0.2, 0) is 17.9 Å². The number of nitrogens with two attached hydrogens (primary N) is 1. The molecule has 2 aliphatic rings. The fourth-order valence-corrected chi connectivity index (χ4v) is 5.88. The maximum absolute atomic E-state index is 14.0. The lowest BCUT2D eigenvalue weighted by Crippen LogP contribution is -2.56. The van der Waals surface area contributed by atoms with Crippen LogP contribution in [0.5, 0.6) is 0 Å². The van der Waals surface area contributed by atoms with Gasteiger partial charge in [0.2, 0.25) is 5.91 Å². The van der Waals surface area contributed by atoms with Gasteiger partial charge in [0.15, 0.2) is 0 Å². The molecule has 0 bridgehead atoms. The van der Waals surface area contributed by atoms with E-state index in [0.717, 1.165) is 34.1 Å². The average molecular weight is 589 g/mol. The summed E-state index contributed by atoms with van der Waals surface area (Å²) in [4.78, 5) is 45.0. The van der Waals surface area contributed by atoms with Crippen LogP contribution in [-0.4, -0.2) is 57.7 Å². The minimum atomic E-state index is -0.846. The van der Waals surface area contributed by atoms with Gasteiger partial charge in [0.05, 0.1) is 6.54 Å². The molecule has 7 nitrogen and oxygen atoms in total. The molecule has 2 saturated heterocycles. The summed E-state index contributed by atoms with van der Waals surface area (Å²) in [7, 11) is 0. The SMILES string of the molecule is NC(=O)c1ccccc1[CH]CCN1CCC2(CC1)C(=O)N(Cc1ccc(Br)cc1)C(=O)N2Cc1ccccc1. The van der Waals surface area contributed by atoms with Crippen molar-refractivity contribution in [1.82, 2.24) is 14.7 Å². The fourth-order valence-electron chi connectivity index (χ4n) is 5.61. The van der Waals surface area contributed by atoms with E-state index in [2.05, 4.69) is 20.8 Å². The highest BCUT2D eigenvalue weighted by Gasteiger charge is 2.57. The van der Waals surface area contributed by atoms with Crippen LogP contribution in [0.3, 0.4) is 0 Å². The first-order valence-corrected chi connectivity index (χ1v) is 14.0. The van der Waals surface area contributed by atoms with E-state index in [1.165, 1.54) is 4.90 Å². The van der Waals surface area contributed by atoms with Gasteiger partial charge < -0.3 is 15.5 Å². The van der Waals surface area contributed by atoms with E-state index in [1.54, 1.807) is 11.0 Å². The van der Waals surface area contributed by atoms with Crippen LogP contribution in [0.4, 0.5) is 4.79 Å². The van der Waals surface area contributed by atoms with E-state index in [4.69, 9.17) is 5.73 Å². The zero-order valence-electron chi connectivity index (χ0n) is 21.8. The van der Waals surface area contributed by atoms with Crippen molar-refractivity contribution >= 4 is 33.8 Å². The van der Waals surface area contributed by atoms with Crippen LogP contribution in [0.25, 0.3) is 0 Å². The minimum absolute atomic E-state index is 0.104. The molecule has 3 aromatic carbocycles.